The van der Waals surface area contributed by atoms with Crippen LogP contribution in [0.1, 0.15) is 27.2 Å². The van der Waals surface area contributed by atoms with E-state index in [0.29, 0.717) is 13.0 Å². The van der Waals surface area contributed by atoms with E-state index in [0.717, 1.165) is 0 Å². The summed E-state index contributed by atoms with van der Waals surface area (Å²) in [7, 11) is 0. The molecule has 0 bridgehead atoms. The molecule has 1 atom stereocenters. The van der Waals surface area contributed by atoms with E-state index in [9.17, 15) is 4.79 Å². The van der Waals surface area contributed by atoms with Gasteiger partial charge in [0.25, 0.3) is 0 Å². The number of ether oxygens (including phenoxy) is 1. The molecule has 1 heterocycles. The van der Waals surface area contributed by atoms with Gasteiger partial charge in [0, 0.05) is 12.0 Å². The third-order valence-electron chi connectivity index (χ3n) is 2.00. The van der Waals surface area contributed by atoms with Crippen molar-refractivity contribution in [3.05, 3.63) is 0 Å². The molecule has 1 aliphatic heterocycles. The summed E-state index contributed by atoms with van der Waals surface area (Å²) in [5.41, 5.74) is -0.349. The number of amides is 1. The van der Waals surface area contributed by atoms with Gasteiger partial charge < -0.3 is 4.74 Å². The number of hydrogen-bond acceptors (Lipinski definition) is 3. The first kappa shape index (κ1) is 9.85. The predicted molar refractivity (Wildman–Crippen MR) is 47.0 cm³/mol. The second-order valence-electron chi connectivity index (χ2n) is 4.09. The lowest BCUT2D eigenvalue weighted by molar-refractivity contribution is 0.0193. The van der Waals surface area contributed by atoms with Gasteiger partial charge in [-0.05, 0) is 20.8 Å². The number of cyclic esters (lactones) is 1. The minimum atomic E-state index is -0.384. The molecular weight excluding hydrogens is 168 g/mol. The van der Waals surface area contributed by atoms with Crippen LogP contribution in [0.3, 0.4) is 0 Å². The van der Waals surface area contributed by atoms with Crippen LogP contribution in [0, 0.1) is 11.3 Å². The zero-order valence-electron chi connectivity index (χ0n) is 8.20. The van der Waals surface area contributed by atoms with Gasteiger partial charge in [-0.15, -0.1) is 0 Å². The largest absolute Gasteiger partial charge is 0.449 e. The maximum atomic E-state index is 11.4. The molecule has 0 spiro atoms. The van der Waals surface area contributed by atoms with Crippen LogP contribution in [0.5, 0.6) is 0 Å². The van der Waals surface area contributed by atoms with Crippen LogP contribution in [0.25, 0.3) is 0 Å². The summed E-state index contributed by atoms with van der Waals surface area (Å²) in [4.78, 5) is 12.9. The van der Waals surface area contributed by atoms with Crippen molar-refractivity contribution < 1.29 is 9.53 Å². The van der Waals surface area contributed by atoms with E-state index in [2.05, 4.69) is 6.07 Å². The molecule has 0 aromatic rings. The Morgan fingerprint density at radius 2 is 2.23 bits per heavy atom. The normalized spacial score (nSPS) is 23.7. The van der Waals surface area contributed by atoms with Gasteiger partial charge in [0.2, 0.25) is 0 Å². The van der Waals surface area contributed by atoms with Crippen molar-refractivity contribution in [2.75, 3.05) is 6.61 Å². The van der Waals surface area contributed by atoms with Gasteiger partial charge in [0.05, 0.1) is 12.7 Å². The zero-order chi connectivity index (χ0) is 10.1. The van der Waals surface area contributed by atoms with Gasteiger partial charge in [0.1, 0.15) is 6.04 Å². The van der Waals surface area contributed by atoms with Gasteiger partial charge in [-0.1, -0.05) is 0 Å². The molecule has 0 aliphatic carbocycles. The number of nitriles is 1. The van der Waals surface area contributed by atoms with Gasteiger partial charge in [0.15, 0.2) is 0 Å². The minimum Gasteiger partial charge on any atom is -0.449 e. The average molecular weight is 182 g/mol. The first-order chi connectivity index (χ1) is 5.96. The monoisotopic (exact) mass is 182 g/mol. The van der Waals surface area contributed by atoms with E-state index in [1.54, 1.807) is 0 Å². The van der Waals surface area contributed by atoms with Gasteiger partial charge in [-0.3, -0.25) is 4.90 Å². The molecule has 72 valence electrons. The highest BCUT2D eigenvalue weighted by Gasteiger charge is 2.37. The van der Waals surface area contributed by atoms with Crippen molar-refractivity contribution in [1.82, 2.24) is 4.90 Å². The quantitative estimate of drug-likeness (QED) is 0.570. The summed E-state index contributed by atoms with van der Waals surface area (Å²) < 4.78 is 4.88. The van der Waals surface area contributed by atoms with Crippen molar-refractivity contribution in [1.29, 1.82) is 5.26 Å². The van der Waals surface area contributed by atoms with Crippen LogP contribution in [-0.4, -0.2) is 29.2 Å². The lowest BCUT2D eigenvalue weighted by Crippen LogP contribution is -2.54. The zero-order valence-corrected chi connectivity index (χ0v) is 8.20. The third-order valence-corrected chi connectivity index (χ3v) is 2.00. The van der Waals surface area contributed by atoms with Gasteiger partial charge in [-0.25, -0.2) is 4.79 Å². The fraction of sp³-hybridized carbons (Fsp3) is 0.778. The summed E-state index contributed by atoms with van der Waals surface area (Å²) in [6, 6.07) is 1.77. The summed E-state index contributed by atoms with van der Waals surface area (Å²) in [6.45, 7) is 6.03. The van der Waals surface area contributed by atoms with E-state index in [-0.39, 0.29) is 17.7 Å². The highest BCUT2D eigenvalue weighted by atomic mass is 16.6. The van der Waals surface area contributed by atoms with Gasteiger partial charge >= 0.3 is 6.09 Å². The lowest BCUT2D eigenvalue weighted by Gasteiger charge is -2.40. The molecule has 1 rings (SSSR count). The van der Waals surface area contributed by atoms with Crippen LogP contribution in [0.4, 0.5) is 4.79 Å². The Kier molecular flexibility index (Phi) is 2.46. The number of carbonyl (C=O) groups excluding carboxylic acids is 1. The highest BCUT2D eigenvalue weighted by molar-refractivity contribution is 5.70. The van der Waals surface area contributed by atoms with Crippen molar-refractivity contribution in [2.45, 2.75) is 38.8 Å². The number of hydrogen-bond donors (Lipinski definition) is 0. The maximum Gasteiger partial charge on any atom is 0.411 e. The standard InChI is InChI=1S/C9H14N2O2/c1-9(2,3)11-7(6-10)4-5-13-8(11)12/h7H,4-5H2,1-3H3. The predicted octanol–water partition coefficient (Wildman–Crippen LogP) is 1.52. The smallest absolute Gasteiger partial charge is 0.411 e. The third kappa shape index (κ3) is 1.92. The Labute approximate surface area is 78.1 Å². The fourth-order valence-corrected chi connectivity index (χ4v) is 1.45. The molecular formula is C9H14N2O2. The first-order valence-electron chi connectivity index (χ1n) is 4.32. The van der Waals surface area contributed by atoms with Crippen molar-refractivity contribution in [3.63, 3.8) is 0 Å². The molecule has 1 saturated heterocycles. The highest BCUT2D eigenvalue weighted by Crippen LogP contribution is 2.23. The second-order valence-corrected chi connectivity index (χ2v) is 4.09. The van der Waals surface area contributed by atoms with Crippen molar-refractivity contribution >= 4 is 6.09 Å². The lowest BCUT2D eigenvalue weighted by atomic mass is 10.0. The molecule has 1 fully saturated rings. The van der Waals surface area contributed by atoms with E-state index in [1.165, 1.54) is 4.90 Å². The van der Waals surface area contributed by atoms with Gasteiger partial charge in [-0.2, -0.15) is 5.26 Å². The Balaban J connectivity index is 2.88. The van der Waals surface area contributed by atoms with E-state index in [1.807, 2.05) is 20.8 Å². The summed E-state index contributed by atoms with van der Waals surface area (Å²) in [5, 5.41) is 8.84. The molecule has 13 heavy (non-hydrogen) atoms. The average Bonchev–Trinajstić information content (AvgIpc) is 2.01. The SMILES string of the molecule is CC(C)(C)N1C(=O)OCCC1C#N. The molecule has 0 aromatic carbocycles. The number of rotatable bonds is 0. The number of carbonyl (C=O) groups is 1. The molecule has 4 heteroatoms. The van der Waals surface area contributed by atoms with E-state index >= 15 is 0 Å². The topological polar surface area (TPSA) is 53.3 Å². The van der Waals surface area contributed by atoms with Crippen molar-refractivity contribution in [2.24, 2.45) is 0 Å². The maximum absolute atomic E-state index is 11.4. The van der Waals surface area contributed by atoms with Crippen LogP contribution in [-0.2, 0) is 4.74 Å². The van der Waals surface area contributed by atoms with E-state index in [4.69, 9.17) is 10.00 Å². The molecule has 0 radical (unpaired) electrons. The molecule has 1 amide bonds. The number of nitrogens with zero attached hydrogens (tertiary/aromatic N) is 2. The van der Waals surface area contributed by atoms with E-state index < -0.39 is 0 Å². The Hall–Kier alpha value is -1.24. The molecule has 4 nitrogen and oxygen atoms in total. The van der Waals surface area contributed by atoms with Crippen molar-refractivity contribution in [3.8, 4) is 6.07 Å². The van der Waals surface area contributed by atoms with Crippen LogP contribution >= 0.6 is 0 Å². The first-order valence-corrected chi connectivity index (χ1v) is 4.32. The molecule has 1 aliphatic rings. The molecule has 0 aromatic heterocycles. The Bertz CT molecular complexity index is 249. The Morgan fingerprint density at radius 1 is 1.62 bits per heavy atom. The molecule has 0 N–H and O–H groups in total. The Morgan fingerprint density at radius 3 is 2.62 bits per heavy atom. The second kappa shape index (κ2) is 3.25. The summed E-state index contributed by atoms with van der Waals surface area (Å²) in [5.74, 6) is 0. The van der Waals surface area contributed by atoms with Crippen LogP contribution < -0.4 is 0 Å². The minimum absolute atomic E-state index is 0.346. The van der Waals surface area contributed by atoms with Crippen LogP contribution in [0.2, 0.25) is 0 Å². The summed E-state index contributed by atoms with van der Waals surface area (Å²) >= 11 is 0. The van der Waals surface area contributed by atoms with Crippen LogP contribution in [0.15, 0.2) is 0 Å². The summed E-state index contributed by atoms with van der Waals surface area (Å²) in [6.07, 6.45) is 0.213. The molecule has 1 unspecified atom stereocenters. The fourth-order valence-electron chi connectivity index (χ4n) is 1.45. The molecule has 0 saturated carbocycles.